The molecule has 0 saturated carbocycles. The highest BCUT2D eigenvalue weighted by Gasteiger charge is 2.23. The highest BCUT2D eigenvalue weighted by atomic mass is 16.5. The third-order valence-electron chi connectivity index (χ3n) is 3.40. The van der Waals surface area contributed by atoms with Crippen LogP contribution in [0.15, 0.2) is 18.2 Å². The van der Waals surface area contributed by atoms with Gasteiger partial charge < -0.3 is 15.0 Å². The fraction of sp³-hybridized carbons (Fsp3) is 0.500. The van der Waals surface area contributed by atoms with Crippen LogP contribution in [0.25, 0.3) is 0 Å². The number of benzene rings is 1. The quantitative estimate of drug-likeness (QED) is 0.862. The van der Waals surface area contributed by atoms with Gasteiger partial charge in [0.1, 0.15) is 11.8 Å². The van der Waals surface area contributed by atoms with Gasteiger partial charge in [-0.15, -0.1) is 0 Å². The summed E-state index contributed by atoms with van der Waals surface area (Å²) in [7, 11) is 1.60. The SMILES string of the molecule is COc1cc(N2C[C@H](C)NC[C@H]2C)ccc1C#N. The normalized spacial score (nSPS) is 23.6. The monoisotopic (exact) mass is 245 g/mol. The Balaban J connectivity index is 2.30. The topological polar surface area (TPSA) is 48.3 Å². The Morgan fingerprint density at radius 2 is 2.22 bits per heavy atom. The zero-order valence-corrected chi connectivity index (χ0v) is 11.1. The van der Waals surface area contributed by atoms with Crippen LogP contribution in [0, 0.1) is 11.3 Å². The number of hydrogen-bond donors (Lipinski definition) is 1. The molecule has 0 radical (unpaired) electrons. The Labute approximate surface area is 108 Å². The van der Waals surface area contributed by atoms with Gasteiger partial charge in [0.25, 0.3) is 0 Å². The number of anilines is 1. The largest absolute Gasteiger partial charge is 0.495 e. The summed E-state index contributed by atoms with van der Waals surface area (Å²) < 4.78 is 5.26. The van der Waals surface area contributed by atoms with Gasteiger partial charge in [-0.2, -0.15) is 5.26 Å². The number of ether oxygens (including phenoxy) is 1. The van der Waals surface area contributed by atoms with E-state index in [1.54, 1.807) is 7.11 Å². The van der Waals surface area contributed by atoms with Gasteiger partial charge in [0.15, 0.2) is 0 Å². The van der Waals surface area contributed by atoms with Crippen molar-refractivity contribution in [1.82, 2.24) is 5.32 Å². The van der Waals surface area contributed by atoms with E-state index in [9.17, 15) is 0 Å². The third kappa shape index (κ3) is 2.41. The van der Waals surface area contributed by atoms with Crippen molar-refractivity contribution in [2.45, 2.75) is 25.9 Å². The fourth-order valence-corrected chi connectivity index (χ4v) is 2.33. The number of nitriles is 1. The first-order valence-corrected chi connectivity index (χ1v) is 6.24. The molecule has 1 aromatic rings. The molecule has 0 bridgehead atoms. The first-order chi connectivity index (χ1) is 8.65. The van der Waals surface area contributed by atoms with E-state index in [0.717, 1.165) is 18.8 Å². The molecule has 0 amide bonds. The molecule has 0 spiro atoms. The van der Waals surface area contributed by atoms with Crippen molar-refractivity contribution in [3.63, 3.8) is 0 Å². The molecular formula is C14H19N3O. The molecule has 1 aliphatic rings. The van der Waals surface area contributed by atoms with E-state index >= 15 is 0 Å². The molecule has 0 aromatic heterocycles. The van der Waals surface area contributed by atoms with E-state index in [4.69, 9.17) is 10.00 Å². The lowest BCUT2D eigenvalue weighted by Crippen LogP contribution is -2.54. The molecule has 1 aliphatic heterocycles. The highest BCUT2D eigenvalue weighted by Crippen LogP contribution is 2.27. The number of hydrogen-bond acceptors (Lipinski definition) is 4. The Bertz CT molecular complexity index is 467. The molecule has 1 saturated heterocycles. The maximum absolute atomic E-state index is 8.99. The average Bonchev–Trinajstić information content (AvgIpc) is 2.40. The van der Waals surface area contributed by atoms with Crippen molar-refractivity contribution in [3.05, 3.63) is 23.8 Å². The number of nitrogens with zero attached hydrogens (tertiary/aromatic N) is 2. The Morgan fingerprint density at radius 3 is 2.89 bits per heavy atom. The molecule has 18 heavy (non-hydrogen) atoms. The lowest BCUT2D eigenvalue weighted by atomic mass is 10.1. The minimum absolute atomic E-state index is 0.443. The van der Waals surface area contributed by atoms with Gasteiger partial charge in [-0.25, -0.2) is 0 Å². The second kappa shape index (κ2) is 5.28. The van der Waals surface area contributed by atoms with Crippen LogP contribution < -0.4 is 15.0 Å². The van der Waals surface area contributed by atoms with Crippen molar-refractivity contribution in [2.24, 2.45) is 0 Å². The molecule has 1 fully saturated rings. The van der Waals surface area contributed by atoms with Gasteiger partial charge >= 0.3 is 0 Å². The number of piperazine rings is 1. The molecule has 0 unspecified atom stereocenters. The Morgan fingerprint density at radius 1 is 1.44 bits per heavy atom. The molecule has 2 atom stereocenters. The van der Waals surface area contributed by atoms with Crippen LogP contribution in [0.4, 0.5) is 5.69 Å². The Hall–Kier alpha value is -1.73. The number of nitrogens with one attached hydrogen (secondary N) is 1. The molecule has 1 aromatic carbocycles. The molecule has 1 N–H and O–H groups in total. The second-order valence-electron chi connectivity index (χ2n) is 4.81. The van der Waals surface area contributed by atoms with Crippen LogP contribution in [0.3, 0.4) is 0 Å². The predicted octanol–water partition coefficient (Wildman–Crippen LogP) is 1.75. The van der Waals surface area contributed by atoms with Crippen LogP contribution in [-0.4, -0.2) is 32.3 Å². The maximum Gasteiger partial charge on any atom is 0.138 e. The molecule has 0 aliphatic carbocycles. The van der Waals surface area contributed by atoms with Crippen LogP contribution in [0.1, 0.15) is 19.4 Å². The smallest absolute Gasteiger partial charge is 0.138 e. The van der Waals surface area contributed by atoms with E-state index < -0.39 is 0 Å². The summed E-state index contributed by atoms with van der Waals surface area (Å²) in [6.45, 7) is 6.32. The van der Waals surface area contributed by atoms with Gasteiger partial charge in [-0.3, -0.25) is 0 Å². The second-order valence-corrected chi connectivity index (χ2v) is 4.81. The van der Waals surface area contributed by atoms with Crippen LogP contribution in [-0.2, 0) is 0 Å². The van der Waals surface area contributed by atoms with E-state index in [0.29, 0.717) is 23.4 Å². The van der Waals surface area contributed by atoms with Gasteiger partial charge in [-0.05, 0) is 26.0 Å². The Kier molecular flexibility index (Phi) is 3.73. The summed E-state index contributed by atoms with van der Waals surface area (Å²) in [4.78, 5) is 2.35. The van der Waals surface area contributed by atoms with Gasteiger partial charge in [0, 0.05) is 36.9 Å². The van der Waals surface area contributed by atoms with E-state index in [-0.39, 0.29) is 0 Å². The van der Waals surface area contributed by atoms with E-state index in [2.05, 4.69) is 30.1 Å². The predicted molar refractivity (Wildman–Crippen MR) is 72.0 cm³/mol. The summed E-state index contributed by atoms with van der Waals surface area (Å²) in [5.74, 6) is 0.647. The molecular weight excluding hydrogens is 226 g/mol. The number of methoxy groups -OCH3 is 1. The van der Waals surface area contributed by atoms with Crippen LogP contribution in [0.2, 0.25) is 0 Å². The molecule has 4 heteroatoms. The summed E-state index contributed by atoms with van der Waals surface area (Å²) in [5.41, 5.74) is 1.70. The average molecular weight is 245 g/mol. The lowest BCUT2D eigenvalue weighted by molar-refractivity contribution is 0.409. The van der Waals surface area contributed by atoms with Crippen molar-refractivity contribution in [2.75, 3.05) is 25.1 Å². The van der Waals surface area contributed by atoms with Crippen molar-refractivity contribution >= 4 is 5.69 Å². The van der Waals surface area contributed by atoms with Crippen LogP contribution >= 0.6 is 0 Å². The zero-order valence-electron chi connectivity index (χ0n) is 11.1. The van der Waals surface area contributed by atoms with Gasteiger partial charge in [0.05, 0.1) is 12.7 Å². The van der Waals surface area contributed by atoms with Crippen molar-refractivity contribution in [3.8, 4) is 11.8 Å². The molecule has 96 valence electrons. The first-order valence-electron chi connectivity index (χ1n) is 6.24. The van der Waals surface area contributed by atoms with Crippen molar-refractivity contribution in [1.29, 1.82) is 5.26 Å². The van der Waals surface area contributed by atoms with Gasteiger partial charge in [-0.1, -0.05) is 0 Å². The summed E-state index contributed by atoms with van der Waals surface area (Å²) in [6.07, 6.45) is 0. The van der Waals surface area contributed by atoms with Crippen LogP contribution in [0.5, 0.6) is 5.75 Å². The minimum atomic E-state index is 0.443. The number of rotatable bonds is 2. The highest BCUT2D eigenvalue weighted by molar-refractivity contribution is 5.57. The minimum Gasteiger partial charge on any atom is -0.495 e. The molecule has 2 rings (SSSR count). The van der Waals surface area contributed by atoms with E-state index in [1.807, 2.05) is 18.2 Å². The van der Waals surface area contributed by atoms with E-state index in [1.165, 1.54) is 0 Å². The molecule has 1 heterocycles. The third-order valence-corrected chi connectivity index (χ3v) is 3.40. The maximum atomic E-state index is 8.99. The summed E-state index contributed by atoms with van der Waals surface area (Å²) >= 11 is 0. The zero-order chi connectivity index (χ0) is 13.1. The van der Waals surface area contributed by atoms with Gasteiger partial charge in [0.2, 0.25) is 0 Å². The summed E-state index contributed by atoms with van der Waals surface area (Å²) in [5, 5.41) is 12.4. The lowest BCUT2D eigenvalue weighted by Gasteiger charge is -2.39. The summed E-state index contributed by atoms with van der Waals surface area (Å²) in [6, 6.07) is 8.83. The standard InChI is InChI=1S/C14H19N3O/c1-10-9-17(11(2)8-16-10)13-5-4-12(7-15)14(6-13)18-3/h4-6,10-11,16H,8-9H2,1-3H3/t10-,11+/m0/s1. The van der Waals surface area contributed by atoms with Crippen molar-refractivity contribution < 1.29 is 4.74 Å². The first kappa shape index (κ1) is 12.7. The molecule has 4 nitrogen and oxygen atoms in total. The fourth-order valence-electron chi connectivity index (χ4n) is 2.33.